The smallest absolute Gasteiger partial charge is 0.255 e. The Morgan fingerprint density at radius 1 is 1.03 bits per heavy atom. The lowest BCUT2D eigenvalue weighted by molar-refractivity contribution is 0.425. The molecule has 0 radical (unpaired) electrons. The summed E-state index contributed by atoms with van der Waals surface area (Å²) < 4.78 is 1.81. The van der Waals surface area contributed by atoms with Gasteiger partial charge in [0.1, 0.15) is 5.84 Å². The number of nitrogens with one attached hydrogen (secondary N) is 1. The van der Waals surface area contributed by atoms with E-state index in [4.69, 9.17) is 9.98 Å². The highest BCUT2D eigenvalue weighted by atomic mass is 16.1. The van der Waals surface area contributed by atoms with E-state index < -0.39 is 0 Å². The maximum Gasteiger partial charge on any atom is 0.255 e. The number of fused-ring (bicyclic) bond motifs is 3. The van der Waals surface area contributed by atoms with E-state index in [1.807, 2.05) is 10.8 Å². The molecule has 1 atom stereocenters. The summed E-state index contributed by atoms with van der Waals surface area (Å²) in [6.07, 6.45) is 4.49. The van der Waals surface area contributed by atoms with Crippen LogP contribution in [0.5, 0.6) is 0 Å². The average molecular weight is 507 g/mol. The molecule has 7 heteroatoms. The molecule has 38 heavy (non-hydrogen) atoms. The van der Waals surface area contributed by atoms with Crippen molar-refractivity contribution in [1.29, 1.82) is 0 Å². The summed E-state index contributed by atoms with van der Waals surface area (Å²) in [6.45, 7) is 11.3. The molecule has 7 rings (SSSR count). The number of benzene rings is 2. The number of anilines is 1. The molecule has 0 bridgehead atoms. The molecular weight excluding hydrogens is 472 g/mol. The molecule has 4 aromatic rings. The number of H-pyrrole nitrogens is 1. The first kappa shape index (κ1) is 23.3. The summed E-state index contributed by atoms with van der Waals surface area (Å²) >= 11 is 0. The van der Waals surface area contributed by atoms with E-state index in [1.165, 1.54) is 18.4 Å². The number of amidine groups is 1. The Kier molecular flexibility index (Phi) is 5.09. The van der Waals surface area contributed by atoms with Crippen molar-refractivity contribution in [3.05, 3.63) is 70.6 Å². The topological polar surface area (TPSA) is 69.5 Å². The van der Waals surface area contributed by atoms with Gasteiger partial charge in [0, 0.05) is 46.9 Å². The second-order valence-corrected chi connectivity index (χ2v) is 11.8. The van der Waals surface area contributed by atoms with E-state index in [-0.39, 0.29) is 17.1 Å². The fraction of sp³-hybridized carbons (Fsp3) is 0.387. The summed E-state index contributed by atoms with van der Waals surface area (Å²) in [5.41, 5.74) is 6.03. The van der Waals surface area contributed by atoms with Crippen LogP contribution in [-0.2, 0) is 6.54 Å². The van der Waals surface area contributed by atoms with Crippen LogP contribution in [0.15, 0.2) is 64.5 Å². The lowest BCUT2D eigenvalue weighted by atomic mass is 10.0. The Hall–Kier alpha value is -3.87. The molecular formula is C31H34N6O. The molecule has 0 unspecified atom stereocenters. The first-order chi connectivity index (χ1) is 18.3. The first-order valence-corrected chi connectivity index (χ1v) is 13.7. The van der Waals surface area contributed by atoms with E-state index >= 15 is 0 Å². The van der Waals surface area contributed by atoms with Gasteiger partial charge in [-0.2, -0.15) is 0 Å². The second kappa shape index (κ2) is 8.32. The van der Waals surface area contributed by atoms with E-state index in [0.717, 1.165) is 52.5 Å². The highest BCUT2D eigenvalue weighted by molar-refractivity contribution is 6.01. The molecule has 1 N–H and O–H groups in total. The Bertz CT molecular complexity index is 1640. The largest absolute Gasteiger partial charge is 0.360 e. The van der Waals surface area contributed by atoms with Crippen LogP contribution in [0, 0.1) is 0 Å². The van der Waals surface area contributed by atoms with Crippen LogP contribution in [0.25, 0.3) is 33.3 Å². The van der Waals surface area contributed by atoms with Gasteiger partial charge in [0.05, 0.1) is 30.4 Å². The fourth-order valence-electron chi connectivity index (χ4n) is 6.80. The number of rotatable bonds is 4. The highest BCUT2D eigenvalue weighted by Crippen LogP contribution is 2.36. The number of nitrogens with zero attached hydrogens (tertiary/aromatic N) is 5. The van der Waals surface area contributed by atoms with Gasteiger partial charge in [-0.25, -0.2) is 4.98 Å². The summed E-state index contributed by atoms with van der Waals surface area (Å²) in [4.78, 5) is 31.2. The SMILES string of the molecule is CC(C)N1c2nc(-c3c[nH]c4ccc(-c5ccc(C6=NC[C@@H]7CCCN67)cc5)cc34)cc(=O)n2CC1(C)C. The average Bonchev–Trinajstić information content (AvgIpc) is 3.65. The van der Waals surface area contributed by atoms with Crippen molar-refractivity contribution in [1.82, 2.24) is 19.4 Å². The van der Waals surface area contributed by atoms with Crippen molar-refractivity contribution in [2.24, 2.45) is 4.99 Å². The molecule has 194 valence electrons. The molecule has 0 amide bonds. The second-order valence-electron chi connectivity index (χ2n) is 11.8. The van der Waals surface area contributed by atoms with Crippen LogP contribution in [0.3, 0.4) is 0 Å². The van der Waals surface area contributed by atoms with Crippen LogP contribution < -0.4 is 10.5 Å². The minimum Gasteiger partial charge on any atom is -0.360 e. The molecule has 3 aliphatic rings. The third-order valence-electron chi connectivity index (χ3n) is 8.45. The normalized spacial score (nSPS) is 19.9. The zero-order valence-corrected chi connectivity index (χ0v) is 22.5. The molecule has 2 aromatic carbocycles. The molecule has 3 aliphatic heterocycles. The Balaban J connectivity index is 1.25. The van der Waals surface area contributed by atoms with Gasteiger partial charge in [0.25, 0.3) is 5.56 Å². The van der Waals surface area contributed by atoms with Crippen molar-refractivity contribution >= 4 is 22.7 Å². The third kappa shape index (κ3) is 3.51. The van der Waals surface area contributed by atoms with E-state index in [1.54, 1.807) is 6.07 Å². The van der Waals surface area contributed by atoms with Crippen LogP contribution in [0.2, 0.25) is 0 Å². The van der Waals surface area contributed by atoms with Gasteiger partial charge in [0.15, 0.2) is 0 Å². The van der Waals surface area contributed by atoms with Gasteiger partial charge >= 0.3 is 0 Å². The minimum atomic E-state index is -0.161. The van der Waals surface area contributed by atoms with Crippen molar-refractivity contribution < 1.29 is 0 Å². The molecule has 0 spiro atoms. The third-order valence-corrected chi connectivity index (χ3v) is 8.45. The highest BCUT2D eigenvalue weighted by Gasteiger charge is 2.39. The Morgan fingerprint density at radius 3 is 2.58 bits per heavy atom. The molecule has 0 saturated carbocycles. The zero-order valence-electron chi connectivity index (χ0n) is 22.5. The predicted molar refractivity (Wildman–Crippen MR) is 154 cm³/mol. The number of hydrogen-bond acceptors (Lipinski definition) is 5. The van der Waals surface area contributed by atoms with Crippen molar-refractivity contribution in [3.63, 3.8) is 0 Å². The number of aliphatic imine (C=N–C) groups is 1. The number of hydrogen-bond donors (Lipinski definition) is 1. The Labute approximate surface area is 222 Å². The number of aromatic amines is 1. The van der Waals surface area contributed by atoms with Gasteiger partial charge in [-0.05, 0) is 63.8 Å². The van der Waals surface area contributed by atoms with Gasteiger partial charge < -0.3 is 14.8 Å². The minimum absolute atomic E-state index is 0.00242. The lowest BCUT2D eigenvalue weighted by Crippen LogP contribution is -2.45. The van der Waals surface area contributed by atoms with Crippen molar-refractivity contribution in [2.75, 3.05) is 18.0 Å². The summed E-state index contributed by atoms with van der Waals surface area (Å²) in [6, 6.07) is 17.8. The molecule has 5 heterocycles. The maximum absolute atomic E-state index is 13.2. The monoisotopic (exact) mass is 506 g/mol. The summed E-state index contributed by atoms with van der Waals surface area (Å²) in [5.74, 6) is 1.90. The van der Waals surface area contributed by atoms with E-state index in [0.29, 0.717) is 18.3 Å². The van der Waals surface area contributed by atoms with Gasteiger partial charge in [-0.15, -0.1) is 0 Å². The molecule has 7 nitrogen and oxygen atoms in total. The standard InChI is InChI=1S/C31H34N6O/c1-19(2)37-30-34-27(15-28(38)36(30)18-31(37,3)4)25-17-32-26-12-11-22(14-24(25)26)20-7-9-21(10-8-20)29-33-16-23-6-5-13-35(23)29/h7-12,14-15,17,19,23,32H,5-6,13,16,18H2,1-4H3/t23-/m0/s1. The van der Waals surface area contributed by atoms with Crippen LogP contribution in [-0.4, -0.2) is 56.0 Å². The Morgan fingerprint density at radius 2 is 1.79 bits per heavy atom. The summed E-state index contributed by atoms with van der Waals surface area (Å²) in [5, 5.41) is 1.07. The molecule has 1 fully saturated rings. The first-order valence-electron chi connectivity index (χ1n) is 13.7. The van der Waals surface area contributed by atoms with Gasteiger partial charge in [-0.1, -0.05) is 30.3 Å². The zero-order chi connectivity index (χ0) is 26.2. The fourth-order valence-corrected chi connectivity index (χ4v) is 6.80. The van der Waals surface area contributed by atoms with Gasteiger partial charge in [0.2, 0.25) is 5.95 Å². The molecule has 2 aromatic heterocycles. The number of aromatic nitrogens is 3. The van der Waals surface area contributed by atoms with E-state index in [9.17, 15) is 4.79 Å². The lowest BCUT2D eigenvalue weighted by Gasteiger charge is -2.35. The predicted octanol–water partition coefficient (Wildman–Crippen LogP) is 5.29. The van der Waals surface area contributed by atoms with Crippen molar-refractivity contribution in [3.8, 4) is 22.4 Å². The molecule has 1 saturated heterocycles. The summed E-state index contributed by atoms with van der Waals surface area (Å²) in [7, 11) is 0. The van der Waals surface area contributed by atoms with Crippen molar-refractivity contribution in [2.45, 2.75) is 64.7 Å². The maximum atomic E-state index is 13.2. The van der Waals surface area contributed by atoms with Crippen LogP contribution >= 0.6 is 0 Å². The van der Waals surface area contributed by atoms with E-state index in [2.05, 4.69) is 84.9 Å². The quantitative estimate of drug-likeness (QED) is 0.408. The van der Waals surface area contributed by atoms with Gasteiger partial charge in [-0.3, -0.25) is 14.4 Å². The molecule has 0 aliphatic carbocycles. The van der Waals surface area contributed by atoms with Crippen LogP contribution in [0.1, 0.15) is 46.1 Å². The van der Waals surface area contributed by atoms with Crippen LogP contribution in [0.4, 0.5) is 5.95 Å².